The Balaban J connectivity index is 0.000000358. The molecule has 6 rings (SSSR count). The molecular formula is C36H49S2+. The second-order valence-corrected chi connectivity index (χ2v) is 17.4. The summed E-state index contributed by atoms with van der Waals surface area (Å²) in [5.41, 5.74) is 4.57. The lowest BCUT2D eigenvalue weighted by atomic mass is 9.85. The van der Waals surface area contributed by atoms with Gasteiger partial charge in [-0.3, -0.25) is 0 Å². The minimum Gasteiger partial charge on any atom is -0.153 e. The molecule has 204 valence electrons. The summed E-state index contributed by atoms with van der Waals surface area (Å²) < 4.78 is 3.62. The lowest BCUT2D eigenvalue weighted by Crippen LogP contribution is -2.10. The monoisotopic (exact) mass is 545 g/mol. The van der Waals surface area contributed by atoms with E-state index in [9.17, 15) is 0 Å². The molecule has 2 heteroatoms. The molecule has 3 aromatic carbocycles. The van der Waals surface area contributed by atoms with Crippen LogP contribution in [0.2, 0.25) is 0 Å². The summed E-state index contributed by atoms with van der Waals surface area (Å²) in [4.78, 5) is 1.43. The molecule has 0 radical (unpaired) electrons. The molecule has 2 aliphatic rings. The van der Waals surface area contributed by atoms with Crippen molar-refractivity contribution in [1.82, 2.24) is 0 Å². The summed E-state index contributed by atoms with van der Waals surface area (Å²) in [6, 6.07) is 23.8. The summed E-state index contributed by atoms with van der Waals surface area (Å²) >= 11 is 2.03. The number of thiophene rings is 1. The summed E-state index contributed by atoms with van der Waals surface area (Å²) in [5.74, 6) is 1.37. The molecule has 2 heterocycles. The van der Waals surface area contributed by atoms with Crippen molar-refractivity contribution in [3.8, 4) is 4.90 Å². The van der Waals surface area contributed by atoms with E-state index in [0.29, 0.717) is 4.75 Å². The SMILES string of the molecule is C1CC1.CC1(C)CS1.CCCc1ccc(-[s+]2c3ccc(C(C)(C)C)cc3c3cc(C(C)(C)C)ccc32)cc1. The maximum atomic E-state index is 2.46. The highest BCUT2D eigenvalue weighted by Crippen LogP contribution is 2.50. The predicted molar refractivity (Wildman–Crippen MR) is 177 cm³/mol. The Bertz CT molecular complexity index is 1290. The van der Waals surface area contributed by atoms with E-state index in [1.54, 1.807) is 0 Å². The molecule has 1 saturated heterocycles. The Morgan fingerprint density at radius 1 is 0.711 bits per heavy atom. The van der Waals surface area contributed by atoms with Gasteiger partial charge in [-0.2, -0.15) is 11.8 Å². The van der Waals surface area contributed by atoms with Gasteiger partial charge < -0.3 is 0 Å². The highest BCUT2D eigenvalue weighted by Gasteiger charge is 2.32. The van der Waals surface area contributed by atoms with Gasteiger partial charge in [0.15, 0.2) is 14.3 Å². The van der Waals surface area contributed by atoms with Gasteiger partial charge in [-0.05, 0) is 84.2 Å². The van der Waals surface area contributed by atoms with Crippen molar-refractivity contribution in [3.63, 3.8) is 0 Å². The van der Waals surface area contributed by atoms with Gasteiger partial charge in [-0.1, -0.05) is 98.4 Å². The zero-order chi connectivity index (χ0) is 27.7. The molecule has 0 nitrogen and oxygen atoms in total. The number of aryl methyl sites for hydroxylation is 1. The lowest BCUT2D eigenvalue weighted by Gasteiger charge is -2.19. The largest absolute Gasteiger partial charge is 0.187 e. The molecule has 0 amide bonds. The smallest absolute Gasteiger partial charge is 0.153 e. The van der Waals surface area contributed by atoms with Crippen molar-refractivity contribution in [2.24, 2.45) is 0 Å². The highest BCUT2D eigenvalue weighted by atomic mass is 32.2. The minimum atomic E-state index is -0.0229. The predicted octanol–water partition coefficient (Wildman–Crippen LogP) is 12.0. The van der Waals surface area contributed by atoms with Crippen LogP contribution in [-0.4, -0.2) is 10.5 Å². The van der Waals surface area contributed by atoms with E-state index in [4.69, 9.17) is 0 Å². The molecule has 0 spiro atoms. The molecule has 4 aromatic rings. The van der Waals surface area contributed by atoms with Gasteiger partial charge in [-0.25, -0.2) is 0 Å². The second-order valence-electron chi connectivity index (χ2n) is 13.7. The standard InChI is InChI=1S/C29H35S.C4H8S.C3H6/c1-8-9-20-10-14-23(15-11-20)30-26-16-12-21(28(2,3)4)18-24(26)25-19-22(29(5,6)7)13-17-27(25)30;1-4(2)3-5-4;1-2-3-1/h10-19H,8-9H2,1-7H3;3H2,1-2H3;1-3H2/q+1;;. The highest BCUT2D eigenvalue weighted by molar-refractivity contribution is 8.07. The second kappa shape index (κ2) is 11.4. The topological polar surface area (TPSA) is 0 Å². The van der Waals surface area contributed by atoms with Crippen LogP contribution in [0.25, 0.3) is 25.1 Å². The number of benzene rings is 3. The molecule has 0 unspecified atom stereocenters. The van der Waals surface area contributed by atoms with Gasteiger partial charge >= 0.3 is 0 Å². The Labute approximate surface area is 239 Å². The number of thioether (sulfide) groups is 1. The van der Waals surface area contributed by atoms with Gasteiger partial charge in [0.25, 0.3) is 0 Å². The van der Waals surface area contributed by atoms with E-state index < -0.39 is 0 Å². The van der Waals surface area contributed by atoms with Crippen LogP contribution in [0.1, 0.15) is 105 Å². The zero-order valence-electron chi connectivity index (χ0n) is 25.3. The third-order valence-corrected chi connectivity index (χ3v) is 11.0. The average molecular weight is 546 g/mol. The lowest BCUT2D eigenvalue weighted by molar-refractivity contribution is 0.590. The van der Waals surface area contributed by atoms with E-state index in [0.717, 1.165) is 6.42 Å². The van der Waals surface area contributed by atoms with Crippen molar-refractivity contribution in [2.75, 3.05) is 5.75 Å². The first-order valence-corrected chi connectivity index (χ1v) is 16.8. The average Bonchev–Trinajstić information content (AvgIpc) is 3.79. The summed E-state index contributed by atoms with van der Waals surface area (Å²) in [6.45, 7) is 20.6. The number of fused-ring (bicyclic) bond motifs is 3. The van der Waals surface area contributed by atoms with Gasteiger partial charge in [0.05, 0.1) is 0 Å². The van der Waals surface area contributed by atoms with E-state index in [1.165, 1.54) is 73.2 Å². The van der Waals surface area contributed by atoms with Crippen LogP contribution >= 0.6 is 22.2 Å². The van der Waals surface area contributed by atoms with E-state index >= 15 is 0 Å². The van der Waals surface area contributed by atoms with Crippen LogP contribution in [0.5, 0.6) is 0 Å². The normalized spacial score (nSPS) is 15.9. The van der Waals surface area contributed by atoms with Crippen LogP contribution in [0, 0.1) is 0 Å². The molecule has 0 atom stereocenters. The van der Waals surface area contributed by atoms with Crippen molar-refractivity contribution >= 4 is 42.4 Å². The maximum absolute atomic E-state index is 2.46. The van der Waals surface area contributed by atoms with Crippen LogP contribution in [0.4, 0.5) is 0 Å². The molecule has 0 bridgehead atoms. The number of hydrogen-bond acceptors (Lipinski definition) is 1. The molecule has 2 fully saturated rings. The summed E-state index contributed by atoms with van der Waals surface area (Å²) in [5, 5.41) is 2.87. The summed E-state index contributed by atoms with van der Waals surface area (Å²) in [6.07, 6.45) is 6.85. The Morgan fingerprint density at radius 2 is 1.13 bits per heavy atom. The fraction of sp³-hybridized carbons (Fsp3) is 0.500. The van der Waals surface area contributed by atoms with E-state index in [2.05, 4.69) is 123 Å². The first-order chi connectivity index (χ1) is 17.8. The quantitative estimate of drug-likeness (QED) is 0.182. The van der Waals surface area contributed by atoms with Gasteiger partial charge in [0.2, 0.25) is 0 Å². The number of hydrogen-bond donors (Lipinski definition) is 0. The molecule has 1 aliphatic heterocycles. The molecular weight excluding hydrogens is 497 g/mol. The maximum Gasteiger partial charge on any atom is 0.187 e. The van der Waals surface area contributed by atoms with Crippen molar-refractivity contribution in [1.29, 1.82) is 0 Å². The first kappa shape index (κ1) is 29.2. The molecule has 1 aliphatic carbocycles. The van der Waals surface area contributed by atoms with Crippen LogP contribution in [-0.2, 0) is 17.3 Å². The van der Waals surface area contributed by atoms with Crippen LogP contribution < -0.4 is 0 Å². The van der Waals surface area contributed by atoms with Gasteiger partial charge in [-0.15, -0.1) is 0 Å². The zero-order valence-corrected chi connectivity index (χ0v) is 27.0. The van der Waals surface area contributed by atoms with E-state index in [1.807, 2.05) is 11.8 Å². The van der Waals surface area contributed by atoms with Crippen LogP contribution in [0.15, 0.2) is 60.7 Å². The van der Waals surface area contributed by atoms with Crippen molar-refractivity contribution < 1.29 is 0 Å². The molecule has 0 N–H and O–H groups in total. The van der Waals surface area contributed by atoms with Crippen molar-refractivity contribution in [2.45, 2.75) is 110 Å². The van der Waals surface area contributed by atoms with Crippen LogP contribution in [0.3, 0.4) is 0 Å². The van der Waals surface area contributed by atoms with Gasteiger partial charge in [0, 0.05) is 31.7 Å². The first-order valence-electron chi connectivity index (χ1n) is 14.6. The van der Waals surface area contributed by atoms with E-state index in [-0.39, 0.29) is 21.3 Å². The molecule has 1 aromatic heterocycles. The minimum absolute atomic E-state index is 0.0229. The van der Waals surface area contributed by atoms with Crippen molar-refractivity contribution in [3.05, 3.63) is 77.4 Å². The Kier molecular flexibility index (Phi) is 8.75. The Hall–Kier alpha value is -1.77. The third-order valence-electron chi connectivity index (χ3n) is 7.19. The van der Waals surface area contributed by atoms with Gasteiger partial charge in [0.1, 0.15) is 0 Å². The molecule has 38 heavy (non-hydrogen) atoms. The Morgan fingerprint density at radius 3 is 1.45 bits per heavy atom. The fourth-order valence-electron chi connectivity index (χ4n) is 4.37. The third kappa shape index (κ3) is 7.45. The summed E-state index contributed by atoms with van der Waals surface area (Å²) in [7, 11) is -0.0229. The number of rotatable bonds is 3. The molecule has 1 saturated carbocycles. The fourth-order valence-corrected chi connectivity index (χ4v) is 7.00.